The van der Waals surface area contributed by atoms with Crippen LogP contribution in [0, 0.1) is 0 Å². The highest BCUT2D eigenvalue weighted by Crippen LogP contribution is 2.64. The maximum atomic E-state index is 13.6. The Kier molecular flexibility index (Phi) is 8.54. The van der Waals surface area contributed by atoms with Crippen LogP contribution >= 0.6 is 0 Å². The lowest BCUT2D eigenvalue weighted by molar-refractivity contribution is -0.462. The molecule has 0 amide bonds. The molecule has 0 rings (SSSR count). The molecule has 0 aromatic heterocycles. The van der Waals surface area contributed by atoms with Gasteiger partial charge in [-0.1, -0.05) is 6.08 Å². The van der Waals surface area contributed by atoms with E-state index < -0.39 is 66.6 Å². The maximum Gasteiger partial charge on any atom is 0.460 e. The van der Waals surface area contributed by atoms with Crippen LogP contribution in [0.5, 0.6) is 0 Å². The number of unbranched alkanes of at least 4 members (excludes halogenated alkanes) is 1. The van der Waals surface area contributed by atoms with Crippen molar-refractivity contribution in [1.29, 1.82) is 0 Å². The molecular weight excluding hydrogens is 519 g/mol. The van der Waals surface area contributed by atoms with Crippen LogP contribution in [-0.2, 0) is 0 Å². The van der Waals surface area contributed by atoms with Gasteiger partial charge >= 0.3 is 47.6 Å². The van der Waals surface area contributed by atoms with Crippen molar-refractivity contribution in [3.63, 3.8) is 0 Å². The van der Waals surface area contributed by atoms with Gasteiger partial charge in [0.05, 0.1) is 6.10 Å². The average molecular weight is 532 g/mol. The Labute approximate surface area is 173 Å². The Morgan fingerprint density at radius 3 is 1.24 bits per heavy atom. The summed E-state index contributed by atoms with van der Waals surface area (Å²) in [5.41, 5.74) is 0. The summed E-state index contributed by atoms with van der Waals surface area (Å²) < 4.78 is 222. The van der Waals surface area contributed by atoms with Crippen LogP contribution in [0.3, 0.4) is 0 Å². The fraction of sp³-hybridized carbons (Fsp3) is 0.867. The summed E-state index contributed by atoms with van der Waals surface area (Å²) in [5.74, 6) is -56.6. The molecule has 0 aromatic rings. The smallest absolute Gasteiger partial charge is 0.393 e. The fourth-order valence-corrected chi connectivity index (χ4v) is 2.22. The Morgan fingerprint density at radius 2 is 0.909 bits per heavy atom. The van der Waals surface area contributed by atoms with Crippen LogP contribution in [0.15, 0.2) is 12.7 Å². The third kappa shape index (κ3) is 4.85. The van der Waals surface area contributed by atoms with Gasteiger partial charge in [0, 0.05) is 6.42 Å². The van der Waals surface area contributed by atoms with Crippen LogP contribution in [0.1, 0.15) is 25.7 Å². The number of halogens is 17. The molecule has 0 fully saturated rings. The molecule has 0 aromatic carbocycles. The van der Waals surface area contributed by atoms with Crippen molar-refractivity contribution in [1.82, 2.24) is 0 Å². The van der Waals surface area contributed by atoms with Gasteiger partial charge in [0.1, 0.15) is 0 Å². The summed E-state index contributed by atoms with van der Waals surface area (Å²) in [6, 6.07) is 0. The highest BCUT2D eigenvalue weighted by molar-refractivity contribution is 5.15. The van der Waals surface area contributed by atoms with E-state index in [9.17, 15) is 74.6 Å². The predicted molar refractivity (Wildman–Crippen MR) is 75.4 cm³/mol. The average Bonchev–Trinajstić information content (AvgIpc) is 2.59. The number of hydrogen-bond donors (Lipinski definition) is 1. The summed E-state index contributed by atoms with van der Waals surface area (Å²) in [5, 5.41) is 9.16. The molecule has 1 unspecified atom stereocenters. The molecule has 0 aliphatic rings. The second-order valence-corrected chi connectivity index (χ2v) is 6.73. The molecule has 198 valence electrons. The van der Waals surface area contributed by atoms with Crippen LogP contribution in [-0.4, -0.2) is 58.8 Å². The zero-order chi connectivity index (χ0) is 27.1. The first-order valence-corrected chi connectivity index (χ1v) is 8.21. The molecule has 0 bridgehead atoms. The normalized spacial score (nSPS) is 16.7. The summed E-state index contributed by atoms with van der Waals surface area (Å²) in [4.78, 5) is 0. The van der Waals surface area contributed by atoms with E-state index in [1.807, 2.05) is 0 Å². The molecule has 1 N–H and O–H groups in total. The Hall–Kier alpha value is -1.49. The second-order valence-electron chi connectivity index (χ2n) is 6.73. The van der Waals surface area contributed by atoms with E-state index in [0.29, 0.717) is 0 Å². The lowest BCUT2D eigenvalue weighted by Gasteiger charge is -2.43. The van der Waals surface area contributed by atoms with Crippen molar-refractivity contribution in [2.24, 2.45) is 0 Å². The lowest BCUT2D eigenvalue weighted by atomic mass is 9.87. The van der Waals surface area contributed by atoms with E-state index in [0.717, 1.165) is 6.08 Å². The minimum Gasteiger partial charge on any atom is -0.393 e. The monoisotopic (exact) mass is 532 g/mol. The fourth-order valence-electron chi connectivity index (χ4n) is 2.22. The van der Waals surface area contributed by atoms with Crippen molar-refractivity contribution < 1.29 is 79.7 Å². The first-order chi connectivity index (χ1) is 14.2. The molecule has 33 heavy (non-hydrogen) atoms. The third-order valence-corrected chi connectivity index (χ3v) is 4.22. The number of aliphatic hydroxyl groups is 1. The minimum atomic E-state index is -8.65. The van der Waals surface area contributed by atoms with E-state index in [1.54, 1.807) is 0 Å². The maximum absolute atomic E-state index is 13.6. The van der Waals surface area contributed by atoms with E-state index >= 15 is 0 Å². The van der Waals surface area contributed by atoms with Gasteiger partial charge in [0.25, 0.3) is 0 Å². The van der Waals surface area contributed by atoms with Crippen LogP contribution in [0.25, 0.3) is 0 Å². The zero-order valence-electron chi connectivity index (χ0n) is 15.6. The molecule has 0 heterocycles. The number of aliphatic hydroxyl groups excluding tert-OH is 1. The minimum absolute atomic E-state index is 0.0675. The summed E-state index contributed by atoms with van der Waals surface area (Å²) in [6.45, 7) is 3.12. The SMILES string of the molecule is C=CCCCC(O)CC(F)(F)C(F)(F)C(F)(F)C(F)(F)C(F)(F)C(F)(F)C(F)(F)C(F)(F)F. The topological polar surface area (TPSA) is 20.2 Å². The van der Waals surface area contributed by atoms with Crippen LogP contribution < -0.4 is 0 Å². The molecule has 1 atom stereocenters. The van der Waals surface area contributed by atoms with Gasteiger partial charge < -0.3 is 5.11 Å². The van der Waals surface area contributed by atoms with Gasteiger partial charge in [0.15, 0.2) is 0 Å². The highest BCUT2D eigenvalue weighted by Gasteiger charge is 2.95. The molecule has 1 nitrogen and oxygen atoms in total. The van der Waals surface area contributed by atoms with Gasteiger partial charge in [-0.3, -0.25) is 0 Å². The molecule has 18 heteroatoms. The summed E-state index contributed by atoms with van der Waals surface area (Å²) >= 11 is 0. The molecule has 0 radical (unpaired) electrons. The summed E-state index contributed by atoms with van der Waals surface area (Å²) in [7, 11) is 0. The number of rotatable bonds is 12. The Balaban J connectivity index is 6.39. The third-order valence-electron chi connectivity index (χ3n) is 4.22. The molecule has 0 aliphatic carbocycles. The predicted octanol–water partition coefficient (Wildman–Crippen LogP) is 7.10. The number of allylic oxidation sites excluding steroid dienone is 1. The molecular formula is C15H13F17O. The lowest BCUT2D eigenvalue weighted by Crippen LogP contribution is -2.74. The second kappa shape index (κ2) is 8.94. The van der Waals surface area contributed by atoms with E-state index in [1.165, 1.54) is 0 Å². The van der Waals surface area contributed by atoms with Crippen molar-refractivity contribution in [2.75, 3.05) is 0 Å². The first-order valence-electron chi connectivity index (χ1n) is 8.21. The van der Waals surface area contributed by atoms with Gasteiger partial charge in [-0.15, -0.1) is 6.58 Å². The van der Waals surface area contributed by atoms with E-state index in [4.69, 9.17) is 5.11 Å². The quantitative estimate of drug-likeness (QED) is 0.162. The summed E-state index contributed by atoms with van der Waals surface area (Å²) in [6.07, 6.45) is -13.4. The first kappa shape index (κ1) is 31.5. The van der Waals surface area contributed by atoms with Gasteiger partial charge in [-0.2, -0.15) is 74.6 Å². The number of alkyl halides is 17. The highest BCUT2D eigenvalue weighted by atomic mass is 19.4. The molecule has 0 saturated carbocycles. The van der Waals surface area contributed by atoms with E-state index in [2.05, 4.69) is 6.58 Å². The van der Waals surface area contributed by atoms with Crippen LogP contribution in [0.4, 0.5) is 74.6 Å². The Bertz CT molecular complexity index is 678. The van der Waals surface area contributed by atoms with Crippen molar-refractivity contribution in [2.45, 2.75) is 79.4 Å². The van der Waals surface area contributed by atoms with Crippen molar-refractivity contribution >= 4 is 0 Å². The van der Waals surface area contributed by atoms with Crippen molar-refractivity contribution in [3.8, 4) is 0 Å². The standard InChI is InChI=1S/C15H13F17O/c1-2-3-4-5-7(33)6-8(16,17)9(18,19)10(20,21)11(22,23)12(24,25)13(26,27)14(28,29)15(30,31)32/h2,7,33H,1,3-6H2. The van der Waals surface area contributed by atoms with Crippen LogP contribution in [0.2, 0.25) is 0 Å². The zero-order valence-corrected chi connectivity index (χ0v) is 15.6. The van der Waals surface area contributed by atoms with Gasteiger partial charge in [0.2, 0.25) is 0 Å². The number of hydrogen-bond acceptors (Lipinski definition) is 1. The molecule has 0 spiro atoms. The largest absolute Gasteiger partial charge is 0.460 e. The van der Waals surface area contributed by atoms with Crippen molar-refractivity contribution in [3.05, 3.63) is 12.7 Å². The molecule has 0 saturated heterocycles. The molecule has 0 aliphatic heterocycles. The Morgan fingerprint density at radius 1 is 0.576 bits per heavy atom. The van der Waals surface area contributed by atoms with E-state index in [-0.39, 0.29) is 12.8 Å². The van der Waals surface area contributed by atoms with Gasteiger partial charge in [-0.25, -0.2) is 0 Å². The van der Waals surface area contributed by atoms with Gasteiger partial charge in [-0.05, 0) is 19.3 Å².